The molecule has 0 bridgehead atoms. The van der Waals surface area contributed by atoms with Gasteiger partial charge in [0.25, 0.3) is 0 Å². The molecule has 0 amide bonds. The Balaban J connectivity index is 3.11. The van der Waals surface area contributed by atoms with Crippen LogP contribution in [-0.4, -0.2) is 0 Å². The van der Waals surface area contributed by atoms with Crippen molar-refractivity contribution >= 4 is 0 Å². The molecule has 0 fully saturated rings. The molecule has 0 aliphatic rings. The first-order valence-electron chi connectivity index (χ1n) is 10.3. The third kappa shape index (κ3) is 18.0. The summed E-state index contributed by atoms with van der Waals surface area (Å²) < 4.78 is 0. The minimum Gasteiger partial charge on any atom is -0.0654 e. The summed E-state index contributed by atoms with van der Waals surface area (Å²) in [4.78, 5) is 0. The van der Waals surface area contributed by atoms with E-state index in [1.165, 1.54) is 109 Å². The predicted molar refractivity (Wildman–Crippen MR) is 99.0 cm³/mol. The van der Waals surface area contributed by atoms with E-state index in [9.17, 15) is 0 Å². The molecule has 0 spiro atoms. The highest BCUT2D eigenvalue weighted by atomic mass is 14.1. The van der Waals surface area contributed by atoms with Gasteiger partial charge in [-0.25, -0.2) is 0 Å². The van der Waals surface area contributed by atoms with Gasteiger partial charge >= 0.3 is 0 Å². The molecule has 0 nitrogen and oxygen atoms in total. The topological polar surface area (TPSA) is 0 Å². The molecule has 0 aliphatic heterocycles. The minimum atomic E-state index is 0.973. The Bertz CT molecular complexity index is 173. The third-order valence-electron chi connectivity index (χ3n) is 4.85. The Labute approximate surface area is 136 Å². The fourth-order valence-electron chi connectivity index (χ4n) is 3.22. The molecule has 0 aromatic rings. The van der Waals surface area contributed by atoms with E-state index in [2.05, 4.69) is 20.8 Å². The van der Waals surface area contributed by atoms with Crippen molar-refractivity contribution in [1.82, 2.24) is 0 Å². The second kappa shape index (κ2) is 18.1. The Morgan fingerprint density at radius 1 is 0.429 bits per heavy atom. The Hall–Kier alpha value is 0. The van der Waals surface area contributed by atoms with Crippen LogP contribution in [0.3, 0.4) is 0 Å². The Kier molecular flexibility index (Phi) is 18.1. The Morgan fingerprint density at radius 2 is 0.714 bits per heavy atom. The van der Waals surface area contributed by atoms with E-state index in [0.717, 1.165) is 5.92 Å². The van der Waals surface area contributed by atoms with Crippen molar-refractivity contribution in [3.63, 3.8) is 0 Å². The quantitative estimate of drug-likeness (QED) is 0.237. The molecule has 0 saturated heterocycles. The molecule has 0 rings (SSSR count). The van der Waals surface area contributed by atoms with Gasteiger partial charge in [-0.15, -0.1) is 0 Å². The van der Waals surface area contributed by atoms with Gasteiger partial charge in [0, 0.05) is 0 Å². The monoisotopic (exact) mass is 296 g/mol. The largest absolute Gasteiger partial charge is 0.0654 e. The van der Waals surface area contributed by atoms with Gasteiger partial charge in [-0.2, -0.15) is 0 Å². The van der Waals surface area contributed by atoms with E-state index < -0.39 is 0 Å². The van der Waals surface area contributed by atoms with Crippen molar-refractivity contribution < 1.29 is 0 Å². The van der Waals surface area contributed by atoms with E-state index in [0.29, 0.717) is 0 Å². The molecule has 0 aliphatic carbocycles. The van der Waals surface area contributed by atoms with Crippen LogP contribution in [0.25, 0.3) is 0 Å². The highest BCUT2D eigenvalue weighted by Gasteiger charge is 2.02. The van der Waals surface area contributed by atoms with Crippen LogP contribution < -0.4 is 0 Å². The van der Waals surface area contributed by atoms with E-state index in [1.807, 2.05) is 0 Å². The first-order valence-corrected chi connectivity index (χ1v) is 10.3. The van der Waals surface area contributed by atoms with Gasteiger partial charge in [-0.1, -0.05) is 130 Å². The molecular weight excluding hydrogens is 252 g/mol. The highest BCUT2D eigenvalue weighted by Crippen LogP contribution is 2.18. The summed E-state index contributed by atoms with van der Waals surface area (Å²) in [7, 11) is 0. The zero-order valence-electron chi connectivity index (χ0n) is 15.6. The average Bonchev–Trinajstić information content (AvgIpc) is 2.49. The van der Waals surface area contributed by atoms with Gasteiger partial charge in [0.05, 0.1) is 0 Å². The molecule has 21 heavy (non-hydrogen) atoms. The van der Waals surface area contributed by atoms with Crippen molar-refractivity contribution in [1.29, 1.82) is 0 Å². The SMILES string of the molecule is CCCCCCCCCCC(C)CCCCCCCCC. The molecule has 0 aromatic carbocycles. The van der Waals surface area contributed by atoms with Crippen molar-refractivity contribution in [2.75, 3.05) is 0 Å². The van der Waals surface area contributed by atoms with Gasteiger partial charge in [0.1, 0.15) is 0 Å². The van der Waals surface area contributed by atoms with Gasteiger partial charge in [0.2, 0.25) is 0 Å². The van der Waals surface area contributed by atoms with Crippen LogP contribution in [0, 0.1) is 5.92 Å². The lowest BCUT2D eigenvalue weighted by atomic mass is 9.96. The maximum atomic E-state index is 2.47. The summed E-state index contributed by atoms with van der Waals surface area (Å²) in [5, 5.41) is 0. The second-order valence-corrected chi connectivity index (χ2v) is 7.28. The van der Waals surface area contributed by atoms with Gasteiger partial charge in [0.15, 0.2) is 0 Å². The lowest BCUT2D eigenvalue weighted by molar-refractivity contribution is 0.430. The van der Waals surface area contributed by atoms with Crippen molar-refractivity contribution in [2.45, 2.75) is 130 Å². The fraction of sp³-hybridized carbons (Fsp3) is 1.00. The fourth-order valence-corrected chi connectivity index (χ4v) is 3.22. The lowest BCUT2D eigenvalue weighted by Crippen LogP contribution is -1.95. The molecule has 0 radical (unpaired) electrons. The van der Waals surface area contributed by atoms with E-state index in [-0.39, 0.29) is 0 Å². The van der Waals surface area contributed by atoms with Crippen LogP contribution in [0.15, 0.2) is 0 Å². The molecule has 1 atom stereocenters. The van der Waals surface area contributed by atoms with Crippen LogP contribution in [0.5, 0.6) is 0 Å². The van der Waals surface area contributed by atoms with E-state index in [1.54, 1.807) is 0 Å². The molecule has 0 heterocycles. The third-order valence-corrected chi connectivity index (χ3v) is 4.85. The second-order valence-electron chi connectivity index (χ2n) is 7.28. The molecule has 0 heteroatoms. The first-order chi connectivity index (χ1) is 10.3. The van der Waals surface area contributed by atoms with Gasteiger partial charge in [-0.3, -0.25) is 0 Å². The summed E-state index contributed by atoms with van der Waals surface area (Å²) >= 11 is 0. The molecule has 0 N–H and O–H groups in total. The van der Waals surface area contributed by atoms with Crippen LogP contribution >= 0.6 is 0 Å². The number of hydrogen-bond acceptors (Lipinski definition) is 0. The van der Waals surface area contributed by atoms with Crippen molar-refractivity contribution in [3.8, 4) is 0 Å². The van der Waals surface area contributed by atoms with Crippen LogP contribution in [0.2, 0.25) is 0 Å². The Morgan fingerprint density at radius 3 is 1.05 bits per heavy atom. The first kappa shape index (κ1) is 21.0. The molecular formula is C21H44. The van der Waals surface area contributed by atoms with Gasteiger partial charge in [-0.05, 0) is 5.92 Å². The summed E-state index contributed by atoms with van der Waals surface area (Å²) in [5.41, 5.74) is 0. The normalized spacial score (nSPS) is 12.7. The molecule has 128 valence electrons. The van der Waals surface area contributed by atoms with E-state index >= 15 is 0 Å². The molecule has 0 saturated carbocycles. The highest BCUT2D eigenvalue weighted by molar-refractivity contribution is 4.56. The summed E-state index contributed by atoms with van der Waals surface area (Å²) in [6.07, 6.45) is 24.8. The minimum absolute atomic E-state index is 0.973. The zero-order chi connectivity index (χ0) is 15.6. The summed E-state index contributed by atoms with van der Waals surface area (Å²) in [5.74, 6) is 0.973. The molecule has 0 aromatic heterocycles. The zero-order valence-corrected chi connectivity index (χ0v) is 15.6. The number of rotatable bonds is 17. The maximum Gasteiger partial charge on any atom is -0.0443 e. The van der Waals surface area contributed by atoms with Crippen LogP contribution in [-0.2, 0) is 0 Å². The van der Waals surface area contributed by atoms with E-state index in [4.69, 9.17) is 0 Å². The van der Waals surface area contributed by atoms with Crippen molar-refractivity contribution in [3.05, 3.63) is 0 Å². The number of hydrogen-bond donors (Lipinski definition) is 0. The van der Waals surface area contributed by atoms with Crippen LogP contribution in [0.4, 0.5) is 0 Å². The number of unbranched alkanes of at least 4 members (excludes halogenated alkanes) is 13. The smallest absolute Gasteiger partial charge is 0.0443 e. The summed E-state index contributed by atoms with van der Waals surface area (Å²) in [6, 6.07) is 0. The summed E-state index contributed by atoms with van der Waals surface area (Å²) in [6.45, 7) is 7.07. The van der Waals surface area contributed by atoms with Crippen LogP contribution in [0.1, 0.15) is 130 Å². The standard InChI is InChI=1S/C21H44/c1-4-6-8-10-12-14-16-18-20-21(3)19-17-15-13-11-9-7-5-2/h21H,4-20H2,1-3H3. The predicted octanol–water partition coefficient (Wildman–Crippen LogP) is 8.29. The average molecular weight is 297 g/mol. The van der Waals surface area contributed by atoms with Crippen molar-refractivity contribution in [2.24, 2.45) is 5.92 Å². The maximum absolute atomic E-state index is 2.47. The molecule has 1 unspecified atom stereocenters. The van der Waals surface area contributed by atoms with Gasteiger partial charge < -0.3 is 0 Å². The lowest BCUT2D eigenvalue weighted by Gasteiger charge is -2.11.